The third kappa shape index (κ3) is 4.43. The lowest BCUT2D eigenvalue weighted by molar-refractivity contribution is -0.137. The van der Waals surface area contributed by atoms with Gasteiger partial charge in [0.15, 0.2) is 11.5 Å². The monoisotopic (exact) mass is 459 g/mol. The van der Waals surface area contributed by atoms with Crippen molar-refractivity contribution in [2.45, 2.75) is 12.5 Å². The van der Waals surface area contributed by atoms with Gasteiger partial charge in [0.05, 0.1) is 59.2 Å². The molecule has 0 saturated heterocycles. The molecular formula is C23H25NO7S. The van der Waals surface area contributed by atoms with Crippen molar-refractivity contribution >= 4 is 23.3 Å². The van der Waals surface area contributed by atoms with E-state index in [4.69, 9.17) is 23.7 Å². The minimum atomic E-state index is -0.802. The number of ether oxygens (including phenoxy) is 5. The highest BCUT2D eigenvalue weighted by Crippen LogP contribution is 2.48. The van der Waals surface area contributed by atoms with E-state index >= 15 is 0 Å². The largest absolute Gasteiger partial charge is 0.493 e. The van der Waals surface area contributed by atoms with Gasteiger partial charge in [0.2, 0.25) is 5.75 Å². The average Bonchev–Trinajstić information content (AvgIpc) is 3.34. The van der Waals surface area contributed by atoms with E-state index in [1.54, 1.807) is 40.8 Å². The second-order valence-electron chi connectivity index (χ2n) is 6.76. The first kappa shape index (κ1) is 23.2. The van der Waals surface area contributed by atoms with Crippen LogP contribution in [0.15, 0.2) is 53.2 Å². The van der Waals surface area contributed by atoms with Crippen LogP contribution in [0.1, 0.15) is 16.4 Å². The standard InChI is InChI=1S/C23H25NO7S/c1-27-18-9-8-15(20(28-2)21(18)29-3)19-16(22(25)30-4)12-24(11-14-7-6-10-32-14)13-17(19)23(26)31-5/h6-10,12-13,19H,11H2,1-5H3. The summed E-state index contributed by atoms with van der Waals surface area (Å²) >= 11 is 1.58. The summed E-state index contributed by atoms with van der Waals surface area (Å²) in [6.07, 6.45) is 3.36. The number of rotatable bonds is 8. The van der Waals surface area contributed by atoms with Crippen LogP contribution in [0.4, 0.5) is 0 Å². The molecule has 1 aliphatic rings. The van der Waals surface area contributed by atoms with Gasteiger partial charge >= 0.3 is 11.9 Å². The molecule has 8 nitrogen and oxygen atoms in total. The van der Waals surface area contributed by atoms with Gasteiger partial charge in [-0.05, 0) is 17.5 Å². The Bertz CT molecular complexity index is 1010. The number of methoxy groups -OCH3 is 5. The molecule has 0 amide bonds. The van der Waals surface area contributed by atoms with Crippen LogP contribution in [0.3, 0.4) is 0 Å². The van der Waals surface area contributed by atoms with Crippen LogP contribution in [-0.4, -0.2) is 52.4 Å². The lowest BCUT2D eigenvalue weighted by atomic mass is 9.82. The Morgan fingerprint density at radius 3 is 1.97 bits per heavy atom. The van der Waals surface area contributed by atoms with Crippen LogP contribution in [-0.2, 0) is 25.6 Å². The smallest absolute Gasteiger partial charge is 0.336 e. The zero-order valence-electron chi connectivity index (χ0n) is 18.5. The van der Waals surface area contributed by atoms with E-state index in [1.807, 2.05) is 17.5 Å². The second kappa shape index (κ2) is 10.2. The molecule has 170 valence electrons. The lowest BCUT2D eigenvalue weighted by Crippen LogP contribution is -2.28. The summed E-state index contributed by atoms with van der Waals surface area (Å²) in [7, 11) is 7.08. The predicted octanol–water partition coefficient (Wildman–Crippen LogP) is 3.49. The van der Waals surface area contributed by atoms with Gasteiger partial charge in [0.25, 0.3) is 0 Å². The van der Waals surface area contributed by atoms with Gasteiger partial charge in [0, 0.05) is 22.8 Å². The SMILES string of the molecule is COC(=O)C1=CN(Cc2cccs2)C=C(C(=O)OC)C1c1ccc(OC)c(OC)c1OC. The van der Waals surface area contributed by atoms with Gasteiger partial charge in [-0.2, -0.15) is 0 Å². The second-order valence-corrected chi connectivity index (χ2v) is 7.79. The fourth-order valence-electron chi connectivity index (χ4n) is 3.65. The Labute approximate surface area is 190 Å². The quantitative estimate of drug-likeness (QED) is 0.555. The van der Waals surface area contributed by atoms with Gasteiger partial charge in [-0.15, -0.1) is 11.3 Å². The van der Waals surface area contributed by atoms with Gasteiger partial charge in [-0.25, -0.2) is 9.59 Å². The third-order valence-corrected chi connectivity index (χ3v) is 5.90. The molecule has 2 heterocycles. The van der Waals surface area contributed by atoms with E-state index in [0.29, 0.717) is 29.4 Å². The molecule has 1 aliphatic heterocycles. The van der Waals surface area contributed by atoms with Crippen LogP contribution < -0.4 is 14.2 Å². The van der Waals surface area contributed by atoms with E-state index in [-0.39, 0.29) is 11.1 Å². The summed E-state index contributed by atoms with van der Waals surface area (Å²) in [5, 5.41) is 1.96. The fourth-order valence-corrected chi connectivity index (χ4v) is 4.36. The van der Waals surface area contributed by atoms with Crippen molar-refractivity contribution in [3.8, 4) is 17.2 Å². The Morgan fingerprint density at radius 1 is 0.875 bits per heavy atom. The molecular weight excluding hydrogens is 434 g/mol. The van der Waals surface area contributed by atoms with Gasteiger partial charge in [-0.3, -0.25) is 0 Å². The number of nitrogens with zero attached hydrogens (tertiary/aromatic N) is 1. The summed E-state index contributed by atoms with van der Waals surface area (Å²) < 4.78 is 26.6. The maximum absolute atomic E-state index is 12.8. The number of thiophene rings is 1. The molecule has 0 aliphatic carbocycles. The zero-order chi connectivity index (χ0) is 23.3. The first-order valence-electron chi connectivity index (χ1n) is 9.66. The minimum absolute atomic E-state index is 0.262. The first-order valence-corrected chi connectivity index (χ1v) is 10.5. The Hall–Kier alpha value is -3.46. The molecule has 0 radical (unpaired) electrons. The maximum Gasteiger partial charge on any atom is 0.336 e. The Balaban J connectivity index is 2.20. The molecule has 9 heteroatoms. The highest BCUT2D eigenvalue weighted by molar-refractivity contribution is 7.09. The van der Waals surface area contributed by atoms with Crippen molar-refractivity contribution < 1.29 is 33.3 Å². The molecule has 1 aromatic carbocycles. The summed E-state index contributed by atoms with van der Waals surface area (Å²) in [6, 6.07) is 7.34. The molecule has 0 bridgehead atoms. The molecule has 0 atom stereocenters. The van der Waals surface area contributed by atoms with Gasteiger partial charge < -0.3 is 28.6 Å². The number of esters is 2. The van der Waals surface area contributed by atoms with Crippen molar-refractivity contribution in [1.82, 2.24) is 4.90 Å². The topological polar surface area (TPSA) is 83.5 Å². The molecule has 0 saturated carbocycles. The molecule has 1 aromatic heterocycles. The van der Waals surface area contributed by atoms with Crippen molar-refractivity contribution in [1.29, 1.82) is 0 Å². The molecule has 2 aromatic rings. The van der Waals surface area contributed by atoms with Gasteiger partial charge in [-0.1, -0.05) is 12.1 Å². The maximum atomic E-state index is 12.8. The van der Waals surface area contributed by atoms with Crippen LogP contribution in [0.25, 0.3) is 0 Å². The Kier molecular flexibility index (Phi) is 7.42. The fraction of sp³-hybridized carbons (Fsp3) is 0.304. The molecule has 0 unspecified atom stereocenters. The van der Waals surface area contributed by atoms with Crippen LogP contribution in [0.5, 0.6) is 17.2 Å². The summed E-state index contributed by atoms with van der Waals surface area (Å²) in [6.45, 7) is 0.481. The van der Waals surface area contributed by atoms with Crippen LogP contribution >= 0.6 is 11.3 Å². The lowest BCUT2D eigenvalue weighted by Gasteiger charge is -2.31. The highest BCUT2D eigenvalue weighted by Gasteiger charge is 2.38. The number of carbonyl (C=O) groups excluding carboxylic acids is 2. The normalized spacial score (nSPS) is 13.7. The molecule has 0 spiro atoms. The number of benzene rings is 1. The van der Waals surface area contributed by atoms with Gasteiger partial charge in [0.1, 0.15) is 0 Å². The average molecular weight is 460 g/mol. The Morgan fingerprint density at radius 2 is 1.50 bits per heavy atom. The minimum Gasteiger partial charge on any atom is -0.493 e. The number of hydrogen-bond donors (Lipinski definition) is 0. The van der Waals surface area contributed by atoms with E-state index in [2.05, 4.69) is 0 Å². The molecule has 0 fully saturated rings. The summed E-state index contributed by atoms with van der Waals surface area (Å²) in [5.74, 6) is -0.801. The zero-order valence-corrected chi connectivity index (χ0v) is 19.4. The van der Waals surface area contributed by atoms with Crippen molar-refractivity contribution in [2.75, 3.05) is 35.5 Å². The highest BCUT2D eigenvalue weighted by atomic mass is 32.1. The summed E-state index contributed by atoms with van der Waals surface area (Å²) in [5.41, 5.74) is 1.06. The van der Waals surface area contributed by atoms with Crippen molar-refractivity contribution in [2.24, 2.45) is 0 Å². The first-order chi connectivity index (χ1) is 15.5. The van der Waals surface area contributed by atoms with Crippen LogP contribution in [0, 0.1) is 0 Å². The molecule has 3 rings (SSSR count). The summed E-state index contributed by atoms with van der Waals surface area (Å²) in [4.78, 5) is 28.5. The van der Waals surface area contributed by atoms with Crippen molar-refractivity contribution in [3.63, 3.8) is 0 Å². The third-order valence-electron chi connectivity index (χ3n) is 5.04. The van der Waals surface area contributed by atoms with E-state index in [1.165, 1.54) is 35.5 Å². The number of hydrogen-bond acceptors (Lipinski definition) is 9. The predicted molar refractivity (Wildman–Crippen MR) is 119 cm³/mol. The van der Waals surface area contributed by atoms with E-state index in [9.17, 15) is 9.59 Å². The van der Waals surface area contributed by atoms with E-state index in [0.717, 1.165) is 4.88 Å². The molecule has 0 N–H and O–H groups in total. The van der Waals surface area contributed by atoms with Crippen LogP contribution in [0.2, 0.25) is 0 Å². The molecule has 32 heavy (non-hydrogen) atoms. The number of carbonyl (C=O) groups is 2. The van der Waals surface area contributed by atoms with E-state index < -0.39 is 17.9 Å². The van der Waals surface area contributed by atoms with Crippen molar-refractivity contribution in [3.05, 3.63) is 63.6 Å².